The van der Waals surface area contributed by atoms with Crippen molar-refractivity contribution in [1.82, 2.24) is 9.36 Å². The molecule has 0 amide bonds. The van der Waals surface area contributed by atoms with Gasteiger partial charge in [-0.25, -0.2) is 4.98 Å². The molecule has 2 aromatic heterocycles. The molecule has 0 fully saturated rings. The number of anilines is 1. The molecule has 0 radical (unpaired) electrons. The summed E-state index contributed by atoms with van der Waals surface area (Å²) < 4.78 is 4.27. The second-order valence-corrected chi connectivity index (χ2v) is 3.77. The van der Waals surface area contributed by atoms with Gasteiger partial charge in [-0.3, -0.25) is 0 Å². The molecule has 5 heteroatoms. The highest BCUT2D eigenvalue weighted by Gasteiger charge is 2.07. The van der Waals surface area contributed by atoms with Crippen LogP contribution in [0.15, 0.2) is 12.3 Å². The first-order valence-corrected chi connectivity index (χ1v) is 5.25. The number of nitrogens with one attached hydrogen (secondary N) is 1. The van der Waals surface area contributed by atoms with Crippen molar-refractivity contribution in [2.75, 3.05) is 18.4 Å². The predicted octanol–water partition coefficient (Wildman–Crippen LogP) is 1.37. The number of aryl methyl sites for hydroxylation is 1. The summed E-state index contributed by atoms with van der Waals surface area (Å²) in [5.74, 6) is 0. The van der Waals surface area contributed by atoms with Crippen LogP contribution in [0.25, 0.3) is 10.2 Å². The molecule has 3 N–H and O–H groups in total. The van der Waals surface area contributed by atoms with Crippen LogP contribution in [0.3, 0.4) is 0 Å². The van der Waals surface area contributed by atoms with Crippen LogP contribution >= 0.6 is 11.5 Å². The number of fused-ring (bicyclic) bond motifs is 1. The number of nitrogens with zero attached hydrogens (tertiary/aromatic N) is 2. The first kappa shape index (κ1) is 9.36. The molecule has 2 heterocycles. The Morgan fingerprint density at radius 2 is 2.43 bits per heavy atom. The Morgan fingerprint density at radius 1 is 1.57 bits per heavy atom. The first-order chi connectivity index (χ1) is 6.83. The van der Waals surface area contributed by atoms with E-state index in [9.17, 15) is 0 Å². The van der Waals surface area contributed by atoms with Crippen molar-refractivity contribution in [3.8, 4) is 0 Å². The van der Waals surface area contributed by atoms with Gasteiger partial charge in [-0.1, -0.05) is 0 Å². The molecule has 0 spiro atoms. The number of rotatable bonds is 3. The second-order valence-electron chi connectivity index (χ2n) is 3.02. The van der Waals surface area contributed by atoms with E-state index >= 15 is 0 Å². The van der Waals surface area contributed by atoms with E-state index in [1.54, 1.807) is 6.20 Å². The third kappa shape index (κ3) is 1.56. The fraction of sp³-hybridized carbons (Fsp3) is 0.333. The summed E-state index contributed by atoms with van der Waals surface area (Å²) in [6.07, 6.45) is 1.79. The lowest BCUT2D eigenvalue weighted by Gasteiger charge is -2.05. The van der Waals surface area contributed by atoms with Crippen LogP contribution in [0.5, 0.6) is 0 Å². The molecule has 0 aliphatic rings. The molecule has 2 rings (SSSR count). The van der Waals surface area contributed by atoms with Crippen LogP contribution in [0.1, 0.15) is 5.69 Å². The van der Waals surface area contributed by atoms with E-state index in [-0.39, 0.29) is 0 Å². The molecule has 2 aromatic rings. The molecule has 14 heavy (non-hydrogen) atoms. The third-order valence-corrected chi connectivity index (χ3v) is 2.85. The molecule has 0 saturated carbocycles. The maximum absolute atomic E-state index is 5.44. The quantitative estimate of drug-likeness (QED) is 0.799. The summed E-state index contributed by atoms with van der Waals surface area (Å²) >= 11 is 1.43. The van der Waals surface area contributed by atoms with Crippen molar-refractivity contribution in [1.29, 1.82) is 0 Å². The van der Waals surface area contributed by atoms with Crippen molar-refractivity contribution in [3.05, 3.63) is 18.0 Å². The molecule has 0 unspecified atom stereocenters. The lowest BCUT2D eigenvalue weighted by molar-refractivity contribution is 1.03. The maximum atomic E-state index is 5.44. The summed E-state index contributed by atoms with van der Waals surface area (Å²) in [5.41, 5.74) is 7.54. The third-order valence-electron chi connectivity index (χ3n) is 2.01. The van der Waals surface area contributed by atoms with Gasteiger partial charge in [0.1, 0.15) is 4.83 Å². The van der Waals surface area contributed by atoms with E-state index in [0.717, 1.165) is 28.1 Å². The Labute approximate surface area is 86.3 Å². The molecular formula is C9H12N4S. The average molecular weight is 208 g/mol. The molecule has 0 saturated heterocycles. The fourth-order valence-corrected chi connectivity index (χ4v) is 2.14. The summed E-state index contributed by atoms with van der Waals surface area (Å²) in [5, 5.41) is 4.38. The SMILES string of the molecule is Cc1nsc2nccc(NCCN)c12. The van der Waals surface area contributed by atoms with E-state index in [1.165, 1.54) is 11.5 Å². The van der Waals surface area contributed by atoms with Crippen LogP contribution in [0.2, 0.25) is 0 Å². The maximum Gasteiger partial charge on any atom is 0.145 e. The van der Waals surface area contributed by atoms with Gasteiger partial charge in [-0.2, -0.15) is 4.37 Å². The van der Waals surface area contributed by atoms with Crippen LogP contribution in [0, 0.1) is 6.92 Å². The standard InChI is InChI=1S/C9H12N4S/c1-6-8-7(11-5-3-10)2-4-12-9(8)14-13-6/h2,4H,3,5,10H2,1H3,(H,11,12). The van der Waals surface area contributed by atoms with Gasteiger partial charge in [0.05, 0.1) is 11.1 Å². The minimum atomic E-state index is 0.625. The fourth-order valence-electron chi connectivity index (χ4n) is 1.37. The van der Waals surface area contributed by atoms with E-state index in [1.807, 2.05) is 13.0 Å². The van der Waals surface area contributed by atoms with Gasteiger partial charge in [-0.15, -0.1) is 0 Å². The Balaban J connectivity index is 2.46. The minimum absolute atomic E-state index is 0.625. The molecule has 0 atom stereocenters. The lowest BCUT2D eigenvalue weighted by Crippen LogP contribution is -2.13. The van der Waals surface area contributed by atoms with Crippen LogP contribution in [-0.4, -0.2) is 22.4 Å². The highest BCUT2D eigenvalue weighted by molar-refractivity contribution is 7.13. The lowest BCUT2D eigenvalue weighted by atomic mass is 10.2. The number of aromatic nitrogens is 2. The predicted molar refractivity (Wildman–Crippen MR) is 59.7 cm³/mol. The van der Waals surface area contributed by atoms with Crippen molar-refractivity contribution in [2.24, 2.45) is 5.73 Å². The summed E-state index contributed by atoms with van der Waals surface area (Å²) in [6.45, 7) is 3.39. The van der Waals surface area contributed by atoms with Crippen molar-refractivity contribution < 1.29 is 0 Å². The highest BCUT2D eigenvalue weighted by atomic mass is 32.1. The summed E-state index contributed by atoms with van der Waals surface area (Å²) in [6, 6.07) is 1.96. The zero-order valence-electron chi connectivity index (χ0n) is 7.95. The first-order valence-electron chi connectivity index (χ1n) is 4.48. The Morgan fingerprint density at radius 3 is 3.21 bits per heavy atom. The van der Waals surface area contributed by atoms with E-state index in [0.29, 0.717) is 6.54 Å². The zero-order valence-corrected chi connectivity index (χ0v) is 8.77. The normalized spacial score (nSPS) is 10.7. The molecular weight excluding hydrogens is 196 g/mol. The molecule has 0 bridgehead atoms. The van der Waals surface area contributed by atoms with Gasteiger partial charge >= 0.3 is 0 Å². The number of hydrogen-bond donors (Lipinski definition) is 2. The second kappa shape index (κ2) is 3.89. The zero-order chi connectivity index (χ0) is 9.97. The Bertz CT molecular complexity index is 437. The monoisotopic (exact) mass is 208 g/mol. The van der Waals surface area contributed by atoms with Gasteiger partial charge in [-0.05, 0) is 24.5 Å². The van der Waals surface area contributed by atoms with Crippen molar-refractivity contribution >= 4 is 27.4 Å². The van der Waals surface area contributed by atoms with Gasteiger partial charge in [0.2, 0.25) is 0 Å². The van der Waals surface area contributed by atoms with Crippen LogP contribution in [-0.2, 0) is 0 Å². The van der Waals surface area contributed by atoms with E-state index in [4.69, 9.17) is 5.73 Å². The van der Waals surface area contributed by atoms with Gasteiger partial charge in [0.15, 0.2) is 0 Å². The molecule has 4 nitrogen and oxygen atoms in total. The molecule has 0 aliphatic heterocycles. The Hall–Kier alpha value is -1.20. The molecule has 0 aliphatic carbocycles. The molecule has 74 valence electrons. The van der Waals surface area contributed by atoms with Gasteiger partial charge in [0.25, 0.3) is 0 Å². The Kier molecular flexibility index (Phi) is 2.60. The van der Waals surface area contributed by atoms with E-state index < -0.39 is 0 Å². The largest absolute Gasteiger partial charge is 0.383 e. The minimum Gasteiger partial charge on any atom is -0.383 e. The van der Waals surface area contributed by atoms with Crippen molar-refractivity contribution in [3.63, 3.8) is 0 Å². The summed E-state index contributed by atoms with van der Waals surface area (Å²) in [4.78, 5) is 5.23. The smallest absolute Gasteiger partial charge is 0.145 e. The van der Waals surface area contributed by atoms with Crippen LogP contribution in [0.4, 0.5) is 5.69 Å². The number of hydrogen-bond acceptors (Lipinski definition) is 5. The summed E-state index contributed by atoms with van der Waals surface area (Å²) in [7, 11) is 0. The highest BCUT2D eigenvalue weighted by Crippen LogP contribution is 2.27. The van der Waals surface area contributed by atoms with Gasteiger partial charge in [0, 0.05) is 25.0 Å². The van der Waals surface area contributed by atoms with Crippen LogP contribution < -0.4 is 11.1 Å². The molecule has 0 aromatic carbocycles. The van der Waals surface area contributed by atoms with Crippen molar-refractivity contribution in [2.45, 2.75) is 6.92 Å². The van der Waals surface area contributed by atoms with Gasteiger partial charge < -0.3 is 11.1 Å². The van der Waals surface area contributed by atoms with E-state index in [2.05, 4.69) is 14.7 Å². The topological polar surface area (TPSA) is 63.8 Å². The number of pyridine rings is 1. The average Bonchev–Trinajstić information content (AvgIpc) is 2.58. The number of nitrogens with two attached hydrogens (primary N) is 1.